The van der Waals surface area contributed by atoms with Crippen molar-refractivity contribution in [2.45, 2.75) is 31.0 Å². The third kappa shape index (κ3) is 5.86. The van der Waals surface area contributed by atoms with Crippen molar-refractivity contribution in [2.75, 3.05) is 18.5 Å². The van der Waals surface area contributed by atoms with E-state index in [2.05, 4.69) is 21.9 Å². The van der Waals surface area contributed by atoms with Crippen LogP contribution in [0.2, 0.25) is 0 Å². The highest BCUT2D eigenvalue weighted by Crippen LogP contribution is 2.44. The van der Waals surface area contributed by atoms with E-state index in [0.29, 0.717) is 41.5 Å². The van der Waals surface area contributed by atoms with Crippen LogP contribution in [0.1, 0.15) is 35.6 Å². The normalized spacial score (nSPS) is 18.0. The highest BCUT2D eigenvalue weighted by molar-refractivity contribution is 6.05. The topological polar surface area (TPSA) is 129 Å². The monoisotopic (exact) mass is 511 g/mol. The first kappa shape index (κ1) is 26.5. The molecule has 2 N–H and O–H groups in total. The van der Waals surface area contributed by atoms with Gasteiger partial charge in [-0.3, -0.25) is 4.79 Å². The summed E-state index contributed by atoms with van der Waals surface area (Å²) in [5.41, 5.74) is 10.3. The fraction of sp³-hybridized carbons (Fsp3) is 0.241. The Morgan fingerprint density at radius 1 is 1.16 bits per heavy atom. The Morgan fingerprint density at radius 2 is 1.89 bits per heavy atom. The number of carbonyl (C=O) groups excluding carboxylic acids is 1. The number of ether oxygens (including phenoxy) is 2. The minimum atomic E-state index is -1.37. The molecule has 0 unspecified atom stereocenters. The summed E-state index contributed by atoms with van der Waals surface area (Å²) in [7, 11) is 0. The van der Waals surface area contributed by atoms with Crippen LogP contribution >= 0.6 is 0 Å². The van der Waals surface area contributed by atoms with Crippen LogP contribution in [0.4, 0.5) is 5.69 Å². The van der Waals surface area contributed by atoms with Gasteiger partial charge in [0.25, 0.3) is 5.91 Å². The molecule has 9 heteroatoms. The predicted molar refractivity (Wildman–Crippen MR) is 146 cm³/mol. The number of rotatable bonds is 12. The number of azide groups is 1. The van der Waals surface area contributed by atoms with Gasteiger partial charge in [-0.25, -0.2) is 4.99 Å². The molecule has 0 bridgehead atoms. The molecular weight excluding hydrogens is 482 g/mol. The number of aliphatic imine (C=N–C) groups is 1. The number of nitrogens with one attached hydrogen (secondary N) is 1. The molecule has 3 aromatic carbocycles. The van der Waals surface area contributed by atoms with E-state index in [4.69, 9.17) is 25.1 Å². The lowest BCUT2D eigenvalue weighted by Crippen LogP contribution is -2.44. The van der Waals surface area contributed by atoms with Crippen LogP contribution in [0, 0.1) is 0 Å². The number of amides is 1. The maximum atomic E-state index is 13.9. The smallest absolute Gasteiger partial charge is 0.257 e. The van der Waals surface area contributed by atoms with Gasteiger partial charge in [-0.05, 0) is 53.1 Å². The Labute approximate surface area is 221 Å². The summed E-state index contributed by atoms with van der Waals surface area (Å²) in [4.78, 5) is 21.7. The van der Waals surface area contributed by atoms with Gasteiger partial charge < -0.3 is 19.9 Å². The summed E-state index contributed by atoms with van der Waals surface area (Å²) < 4.78 is 12.1. The minimum absolute atomic E-state index is 0.0572. The molecule has 1 heterocycles. The number of nitrogens with zero attached hydrogens (tertiary/aromatic N) is 4. The Balaban J connectivity index is 1.76. The van der Waals surface area contributed by atoms with Crippen LogP contribution in [0.5, 0.6) is 5.75 Å². The first-order valence-electron chi connectivity index (χ1n) is 12.3. The predicted octanol–water partition coefficient (Wildman–Crippen LogP) is 5.73. The first-order chi connectivity index (χ1) is 18.6. The minimum Gasteiger partial charge on any atom is -0.494 e. The molecule has 1 aliphatic rings. The fourth-order valence-corrected chi connectivity index (χ4v) is 4.31. The molecule has 0 radical (unpaired) electrons. The van der Waals surface area contributed by atoms with Gasteiger partial charge >= 0.3 is 0 Å². The van der Waals surface area contributed by atoms with Crippen LogP contribution in [0.25, 0.3) is 10.4 Å². The summed E-state index contributed by atoms with van der Waals surface area (Å²) >= 11 is 0. The van der Waals surface area contributed by atoms with Gasteiger partial charge in [0, 0.05) is 35.6 Å². The summed E-state index contributed by atoms with van der Waals surface area (Å²) in [6.45, 7) is 4.46. The van der Waals surface area contributed by atoms with Crippen LogP contribution in [-0.4, -0.2) is 35.7 Å². The van der Waals surface area contributed by atoms with Crippen molar-refractivity contribution in [3.05, 3.63) is 119 Å². The lowest BCUT2D eigenvalue weighted by atomic mass is 9.82. The average molecular weight is 512 g/mol. The lowest BCUT2D eigenvalue weighted by molar-refractivity contribution is -0.123. The average Bonchev–Trinajstić information content (AvgIpc) is 3.34. The second-order valence-corrected chi connectivity index (χ2v) is 8.69. The molecule has 38 heavy (non-hydrogen) atoms. The Bertz CT molecular complexity index is 1340. The van der Waals surface area contributed by atoms with Gasteiger partial charge in [0.2, 0.25) is 5.90 Å². The van der Waals surface area contributed by atoms with Crippen LogP contribution in [0.15, 0.2) is 102 Å². The maximum absolute atomic E-state index is 13.9. The second kappa shape index (κ2) is 12.6. The molecule has 0 aliphatic carbocycles. The largest absolute Gasteiger partial charge is 0.494 e. The molecule has 0 saturated heterocycles. The number of benzene rings is 3. The number of anilines is 1. The van der Waals surface area contributed by atoms with E-state index in [1.807, 2.05) is 54.6 Å². The molecule has 1 aliphatic heterocycles. The third-order valence-corrected chi connectivity index (χ3v) is 6.16. The number of para-hydroxylation sites is 1. The van der Waals surface area contributed by atoms with E-state index in [9.17, 15) is 4.79 Å². The van der Waals surface area contributed by atoms with E-state index < -0.39 is 11.6 Å². The number of aliphatic hydroxyl groups excluding tert-OH is 1. The van der Waals surface area contributed by atoms with Gasteiger partial charge in [0.1, 0.15) is 5.75 Å². The van der Waals surface area contributed by atoms with E-state index in [0.717, 1.165) is 5.56 Å². The zero-order valence-electron chi connectivity index (χ0n) is 20.9. The highest BCUT2D eigenvalue weighted by Gasteiger charge is 2.53. The molecular formula is C29H29N5O4. The molecule has 194 valence electrons. The van der Waals surface area contributed by atoms with E-state index >= 15 is 0 Å². The van der Waals surface area contributed by atoms with Gasteiger partial charge in [-0.1, -0.05) is 53.7 Å². The van der Waals surface area contributed by atoms with Gasteiger partial charge in [0.05, 0.1) is 13.2 Å². The SMILES string of the molecule is C=CC[C@@]1(C(=O)Nc2ccccc2)N=C(c2ccc(OCCCO)cc2)O[C@@H]1c1ccccc1CN=[N+]=[N-]. The number of carbonyl (C=O) groups is 1. The molecule has 0 spiro atoms. The highest BCUT2D eigenvalue weighted by atomic mass is 16.5. The molecule has 0 saturated carbocycles. The van der Waals surface area contributed by atoms with Crippen molar-refractivity contribution in [3.63, 3.8) is 0 Å². The quantitative estimate of drug-likeness (QED) is 0.106. The summed E-state index contributed by atoms with van der Waals surface area (Å²) in [5.74, 6) is 0.614. The van der Waals surface area contributed by atoms with Crippen molar-refractivity contribution < 1.29 is 19.4 Å². The Hall–Kier alpha value is -4.59. The second-order valence-electron chi connectivity index (χ2n) is 8.69. The number of hydrogen-bond donors (Lipinski definition) is 2. The van der Waals surface area contributed by atoms with Crippen molar-refractivity contribution >= 4 is 17.5 Å². The molecule has 9 nitrogen and oxygen atoms in total. The van der Waals surface area contributed by atoms with Crippen molar-refractivity contribution in [1.82, 2.24) is 0 Å². The zero-order valence-corrected chi connectivity index (χ0v) is 20.9. The van der Waals surface area contributed by atoms with E-state index in [1.54, 1.807) is 30.3 Å². The Morgan fingerprint density at radius 3 is 2.61 bits per heavy atom. The summed E-state index contributed by atoms with van der Waals surface area (Å²) in [6.07, 6.45) is 1.60. The van der Waals surface area contributed by atoms with Crippen LogP contribution < -0.4 is 10.1 Å². The number of hydrogen-bond acceptors (Lipinski definition) is 6. The zero-order chi connectivity index (χ0) is 26.8. The number of aliphatic hydroxyl groups is 1. The van der Waals surface area contributed by atoms with Crippen LogP contribution in [0.3, 0.4) is 0 Å². The van der Waals surface area contributed by atoms with E-state index in [1.165, 1.54) is 0 Å². The van der Waals surface area contributed by atoms with Gasteiger partial charge in [-0.15, -0.1) is 6.58 Å². The van der Waals surface area contributed by atoms with Crippen molar-refractivity contribution in [3.8, 4) is 5.75 Å². The molecule has 3 aromatic rings. The first-order valence-corrected chi connectivity index (χ1v) is 12.3. The molecule has 4 rings (SSSR count). The van der Waals surface area contributed by atoms with Gasteiger partial charge in [0.15, 0.2) is 11.6 Å². The molecule has 0 aromatic heterocycles. The standard InChI is InChI=1S/C29H29N5O4/c1-2-17-29(28(36)32-23-10-4-3-5-11-23)26(25-12-7-6-9-22(25)20-31-34-30)38-27(33-29)21-13-15-24(16-14-21)37-19-8-18-35/h2-7,9-16,26,35H,1,8,17-20H2,(H,32,36)/t26-,29-/m1/s1. The molecule has 2 atom stereocenters. The lowest BCUT2D eigenvalue weighted by Gasteiger charge is -2.30. The fourth-order valence-electron chi connectivity index (χ4n) is 4.31. The van der Waals surface area contributed by atoms with Crippen LogP contribution in [-0.2, 0) is 16.1 Å². The summed E-state index contributed by atoms with van der Waals surface area (Å²) in [5, 5.41) is 15.7. The Kier molecular flexibility index (Phi) is 8.77. The van der Waals surface area contributed by atoms with Crippen molar-refractivity contribution in [1.29, 1.82) is 0 Å². The van der Waals surface area contributed by atoms with Crippen molar-refractivity contribution in [2.24, 2.45) is 10.1 Å². The summed E-state index contributed by atoms with van der Waals surface area (Å²) in [6, 6.07) is 23.8. The van der Waals surface area contributed by atoms with E-state index in [-0.39, 0.29) is 25.5 Å². The molecule has 0 fully saturated rings. The van der Waals surface area contributed by atoms with Gasteiger partial charge in [-0.2, -0.15) is 0 Å². The maximum Gasteiger partial charge on any atom is 0.257 e. The molecule has 1 amide bonds. The third-order valence-electron chi connectivity index (χ3n) is 6.16.